The lowest BCUT2D eigenvalue weighted by Crippen LogP contribution is -2.28. The Kier molecular flexibility index (Phi) is 6.27. The van der Waals surface area contributed by atoms with Crippen molar-refractivity contribution in [2.24, 2.45) is 5.41 Å². The minimum atomic E-state index is -0.940. The number of rotatable bonds is 7. The zero-order chi connectivity index (χ0) is 19.3. The molecule has 140 valence electrons. The van der Waals surface area contributed by atoms with Gasteiger partial charge in [-0.3, -0.25) is 0 Å². The molecule has 3 N–H and O–H groups in total. The molecule has 0 aliphatic heterocycles. The van der Waals surface area contributed by atoms with E-state index in [1.165, 1.54) is 0 Å². The summed E-state index contributed by atoms with van der Waals surface area (Å²) in [4.78, 5) is 11.1. The van der Waals surface area contributed by atoms with Gasteiger partial charge in [0, 0.05) is 18.7 Å². The summed E-state index contributed by atoms with van der Waals surface area (Å²) < 4.78 is 5.31. The molecular formula is C21H27NO4. The second-order valence-electron chi connectivity index (χ2n) is 7.47. The number of aliphatic hydroxyl groups excluding tert-OH is 1. The Morgan fingerprint density at radius 2 is 1.92 bits per heavy atom. The van der Waals surface area contributed by atoms with E-state index in [4.69, 9.17) is 9.84 Å². The second-order valence-corrected chi connectivity index (χ2v) is 7.47. The highest BCUT2D eigenvalue weighted by Crippen LogP contribution is 2.28. The maximum atomic E-state index is 11.1. The average Bonchev–Trinajstić information content (AvgIpc) is 2.59. The van der Waals surface area contributed by atoms with Crippen LogP contribution in [0.15, 0.2) is 42.5 Å². The van der Waals surface area contributed by atoms with Crippen molar-refractivity contribution in [3.05, 3.63) is 59.2 Å². The fourth-order valence-electron chi connectivity index (χ4n) is 2.56. The third kappa shape index (κ3) is 5.23. The van der Waals surface area contributed by atoms with E-state index < -0.39 is 12.1 Å². The lowest BCUT2D eigenvalue weighted by atomic mass is 9.85. The van der Waals surface area contributed by atoms with E-state index in [1.54, 1.807) is 25.3 Å². The number of benzene rings is 2. The standard InChI is InChI=1S/C21H27NO4/c1-21(2,3)19(23)12-16-11-17(26-4)8-9-18(16)22-13-14-6-5-7-15(10-14)20(24)25/h5-11,19,22-23H,12-13H2,1-4H3,(H,24,25). The molecule has 1 atom stereocenters. The van der Waals surface area contributed by atoms with Gasteiger partial charge in [0.2, 0.25) is 0 Å². The van der Waals surface area contributed by atoms with Gasteiger partial charge in [0.15, 0.2) is 0 Å². The van der Waals surface area contributed by atoms with Crippen LogP contribution in [0.3, 0.4) is 0 Å². The Hall–Kier alpha value is -2.53. The van der Waals surface area contributed by atoms with Crippen molar-refractivity contribution >= 4 is 11.7 Å². The Balaban J connectivity index is 2.20. The molecule has 26 heavy (non-hydrogen) atoms. The minimum absolute atomic E-state index is 0.226. The minimum Gasteiger partial charge on any atom is -0.497 e. The van der Waals surface area contributed by atoms with Gasteiger partial charge in [0.05, 0.1) is 18.8 Å². The van der Waals surface area contributed by atoms with Crippen LogP contribution in [0.1, 0.15) is 42.3 Å². The molecule has 1 unspecified atom stereocenters. The molecule has 2 rings (SSSR count). The van der Waals surface area contributed by atoms with Crippen molar-refractivity contribution < 1.29 is 19.7 Å². The maximum absolute atomic E-state index is 11.1. The summed E-state index contributed by atoms with van der Waals surface area (Å²) in [6, 6.07) is 12.6. The van der Waals surface area contributed by atoms with E-state index in [-0.39, 0.29) is 11.0 Å². The monoisotopic (exact) mass is 357 g/mol. The van der Waals surface area contributed by atoms with E-state index in [0.29, 0.717) is 13.0 Å². The number of methoxy groups -OCH3 is 1. The third-order valence-corrected chi connectivity index (χ3v) is 4.38. The highest BCUT2D eigenvalue weighted by Gasteiger charge is 2.23. The Morgan fingerprint density at radius 1 is 1.19 bits per heavy atom. The third-order valence-electron chi connectivity index (χ3n) is 4.38. The molecule has 2 aromatic carbocycles. The molecule has 0 radical (unpaired) electrons. The van der Waals surface area contributed by atoms with Gasteiger partial charge in [-0.05, 0) is 46.9 Å². The summed E-state index contributed by atoms with van der Waals surface area (Å²) in [5.74, 6) is -0.204. The van der Waals surface area contributed by atoms with Crippen LogP contribution in [0.2, 0.25) is 0 Å². The first-order chi connectivity index (χ1) is 12.2. The summed E-state index contributed by atoms with van der Waals surface area (Å²) in [5, 5.41) is 22.9. The van der Waals surface area contributed by atoms with E-state index in [2.05, 4.69) is 5.32 Å². The number of carbonyl (C=O) groups is 1. The van der Waals surface area contributed by atoms with Crippen LogP contribution in [0.5, 0.6) is 5.75 Å². The number of anilines is 1. The molecule has 0 aliphatic carbocycles. The van der Waals surface area contributed by atoms with Crippen LogP contribution in [0.4, 0.5) is 5.69 Å². The largest absolute Gasteiger partial charge is 0.497 e. The van der Waals surface area contributed by atoms with Gasteiger partial charge in [-0.15, -0.1) is 0 Å². The average molecular weight is 357 g/mol. The number of carboxylic acids is 1. The zero-order valence-electron chi connectivity index (χ0n) is 15.7. The van der Waals surface area contributed by atoms with Gasteiger partial charge < -0.3 is 20.3 Å². The SMILES string of the molecule is COc1ccc(NCc2cccc(C(=O)O)c2)c(CC(O)C(C)(C)C)c1. The molecule has 0 bridgehead atoms. The van der Waals surface area contributed by atoms with Crippen molar-refractivity contribution in [2.75, 3.05) is 12.4 Å². The fraction of sp³-hybridized carbons (Fsp3) is 0.381. The molecule has 0 amide bonds. The van der Waals surface area contributed by atoms with Crippen LogP contribution in [-0.4, -0.2) is 29.4 Å². The Bertz CT molecular complexity index is 765. The molecule has 5 nitrogen and oxygen atoms in total. The number of aromatic carboxylic acids is 1. The highest BCUT2D eigenvalue weighted by molar-refractivity contribution is 5.87. The molecule has 0 fully saturated rings. The first kappa shape index (κ1) is 19.8. The molecule has 0 spiro atoms. The molecular weight excluding hydrogens is 330 g/mol. The first-order valence-electron chi connectivity index (χ1n) is 8.62. The predicted molar refractivity (Wildman–Crippen MR) is 103 cm³/mol. The molecule has 5 heteroatoms. The zero-order valence-corrected chi connectivity index (χ0v) is 15.7. The number of carboxylic acid groups (broad SMARTS) is 1. The molecule has 2 aromatic rings. The van der Waals surface area contributed by atoms with Crippen molar-refractivity contribution in [1.29, 1.82) is 0 Å². The van der Waals surface area contributed by atoms with Crippen LogP contribution in [0, 0.1) is 5.41 Å². The topological polar surface area (TPSA) is 78.8 Å². The van der Waals surface area contributed by atoms with Crippen molar-refractivity contribution in [3.8, 4) is 5.75 Å². The van der Waals surface area contributed by atoms with Gasteiger partial charge in [-0.2, -0.15) is 0 Å². The predicted octanol–water partition coefficient (Wildman–Crippen LogP) is 3.96. The molecule has 0 heterocycles. The van der Waals surface area contributed by atoms with Gasteiger partial charge in [-0.1, -0.05) is 32.9 Å². The van der Waals surface area contributed by atoms with Crippen molar-refractivity contribution in [3.63, 3.8) is 0 Å². The summed E-state index contributed by atoms with van der Waals surface area (Å²) in [6.45, 7) is 6.50. The van der Waals surface area contributed by atoms with Gasteiger partial charge in [-0.25, -0.2) is 4.79 Å². The molecule has 0 aliphatic rings. The summed E-state index contributed by atoms with van der Waals surface area (Å²) in [7, 11) is 1.61. The van der Waals surface area contributed by atoms with Crippen molar-refractivity contribution in [1.82, 2.24) is 0 Å². The van der Waals surface area contributed by atoms with Crippen LogP contribution in [0.25, 0.3) is 0 Å². The Morgan fingerprint density at radius 3 is 2.54 bits per heavy atom. The number of nitrogens with one attached hydrogen (secondary N) is 1. The Labute approximate surface area is 154 Å². The normalized spacial score (nSPS) is 12.5. The molecule has 0 saturated heterocycles. The van der Waals surface area contributed by atoms with E-state index in [1.807, 2.05) is 45.0 Å². The summed E-state index contributed by atoms with van der Waals surface area (Å²) in [5.41, 5.74) is 2.78. The number of hydrogen-bond donors (Lipinski definition) is 3. The van der Waals surface area contributed by atoms with E-state index in [0.717, 1.165) is 22.6 Å². The smallest absolute Gasteiger partial charge is 0.335 e. The van der Waals surface area contributed by atoms with Crippen LogP contribution < -0.4 is 10.1 Å². The van der Waals surface area contributed by atoms with Gasteiger partial charge in [0.1, 0.15) is 5.75 Å². The highest BCUT2D eigenvalue weighted by atomic mass is 16.5. The summed E-state index contributed by atoms with van der Waals surface area (Å²) >= 11 is 0. The number of aliphatic hydroxyl groups is 1. The van der Waals surface area contributed by atoms with Crippen LogP contribution in [-0.2, 0) is 13.0 Å². The number of ether oxygens (including phenoxy) is 1. The summed E-state index contributed by atoms with van der Waals surface area (Å²) in [6.07, 6.45) is 0.00330. The molecule has 0 saturated carbocycles. The second kappa shape index (κ2) is 8.23. The van der Waals surface area contributed by atoms with E-state index >= 15 is 0 Å². The first-order valence-corrected chi connectivity index (χ1v) is 8.62. The molecule has 0 aromatic heterocycles. The van der Waals surface area contributed by atoms with Gasteiger partial charge >= 0.3 is 5.97 Å². The lowest BCUT2D eigenvalue weighted by Gasteiger charge is -2.27. The maximum Gasteiger partial charge on any atom is 0.335 e. The van der Waals surface area contributed by atoms with Gasteiger partial charge in [0.25, 0.3) is 0 Å². The lowest BCUT2D eigenvalue weighted by molar-refractivity contribution is 0.0637. The van der Waals surface area contributed by atoms with E-state index in [9.17, 15) is 9.90 Å². The van der Waals surface area contributed by atoms with Crippen LogP contribution >= 0.6 is 0 Å². The van der Waals surface area contributed by atoms with Crippen molar-refractivity contribution in [2.45, 2.75) is 39.8 Å². The fourth-order valence-corrected chi connectivity index (χ4v) is 2.56. The number of hydrogen-bond acceptors (Lipinski definition) is 4. The quantitative estimate of drug-likeness (QED) is 0.699.